The molecular formula is C9H16N4O2S. The number of hydrogen-bond donors (Lipinski definition) is 2. The standard InChI is InChI=1S/C9H16N4O2S/c1-2-3-13(8-4-10-5-8)16(14,15)9-6-11-12-7-9/h6-8,10H,2-5H2,1H3,(H,11,12). The zero-order valence-corrected chi connectivity index (χ0v) is 10.00. The molecule has 0 aromatic carbocycles. The summed E-state index contributed by atoms with van der Waals surface area (Å²) in [5.74, 6) is 0. The van der Waals surface area contributed by atoms with Crippen LogP contribution in [-0.2, 0) is 10.0 Å². The van der Waals surface area contributed by atoms with Crippen molar-refractivity contribution in [2.24, 2.45) is 0 Å². The average molecular weight is 244 g/mol. The summed E-state index contributed by atoms with van der Waals surface area (Å²) in [7, 11) is -3.38. The molecule has 0 radical (unpaired) electrons. The molecule has 1 aliphatic rings. The molecule has 2 heterocycles. The summed E-state index contributed by atoms with van der Waals surface area (Å²) in [6, 6.07) is 0.0832. The average Bonchev–Trinajstić information content (AvgIpc) is 2.67. The first-order chi connectivity index (χ1) is 7.66. The quantitative estimate of drug-likeness (QED) is 0.751. The Bertz CT molecular complexity index is 424. The highest BCUT2D eigenvalue weighted by molar-refractivity contribution is 7.89. The summed E-state index contributed by atoms with van der Waals surface area (Å²) < 4.78 is 26.1. The molecule has 2 rings (SSSR count). The summed E-state index contributed by atoms with van der Waals surface area (Å²) in [5.41, 5.74) is 0. The zero-order chi connectivity index (χ0) is 11.6. The fourth-order valence-corrected chi connectivity index (χ4v) is 3.33. The van der Waals surface area contributed by atoms with Crippen LogP contribution in [0.3, 0.4) is 0 Å². The fraction of sp³-hybridized carbons (Fsp3) is 0.667. The second-order valence-corrected chi connectivity index (χ2v) is 5.75. The SMILES string of the molecule is CCCN(C1CNC1)S(=O)(=O)c1cn[nH]c1. The van der Waals surface area contributed by atoms with Crippen LogP contribution in [0.25, 0.3) is 0 Å². The van der Waals surface area contributed by atoms with Gasteiger partial charge >= 0.3 is 0 Å². The molecule has 0 amide bonds. The molecule has 1 saturated heterocycles. The van der Waals surface area contributed by atoms with Crippen LogP contribution >= 0.6 is 0 Å². The lowest BCUT2D eigenvalue weighted by molar-refractivity contribution is 0.242. The smallest absolute Gasteiger partial charge is 0.246 e. The van der Waals surface area contributed by atoms with Crippen molar-refractivity contribution in [3.05, 3.63) is 12.4 Å². The fourth-order valence-electron chi connectivity index (χ4n) is 1.71. The van der Waals surface area contributed by atoms with Gasteiger partial charge < -0.3 is 5.32 Å². The largest absolute Gasteiger partial charge is 0.313 e. The van der Waals surface area contributed by atoms with E-state index in [1.807, 2.05) is 6.92 Å². The van der Waals surface area contributed by atoms with E-state index in [0.717, 1.165) is 19.5 Å². The minimum absolute atomic E-state index is 0.0832. The first-order valence-electron chi connectivity index (χ1n) is 5.37. The van der Waals surface area contributed by atoms with E-state index in [0.29, 0.717) is 6.54 Å². The van der Waals surface area contributed by atoms with Crippen molar-refractivity contribution in [2.75, 3.05) is 19.6 Å². The van der Waals surface area contributed by atoms with Gasteiger partial charge in [0.05, 0.1) is 12.2 Å². The molecule has 1 aromatic heterocycles. The summed E-state index contributed by atoms with van der Waals surface area (Å²) in [4.78, 5) is 0.243. The van der Waals surface area contributed by atoms with E-state index in [2.05, 4.69) is 15.5 Å². The van der Waals surface area contributed by atoms with Gasteiger partial charge in [0.1, 0.15) is 4.90 Å². The Morgan fingerprint density at radius 2 is 2.31 bits per heavy atom. The van der Waals surface area contributed by atoms with Gasteiger partial charge in [-0.25, -0.2) is 8.42 Å². The van der Waals surface area contributed by atoms with Gasteiger partial charge in [-0.15, -0.1) is 0 Å². The topological polar surface area (TPSA) is 78.1 Å². The molecule has 1 aliphatic heterocycles. The lowest BCUT2D eigenvalue weighted by Crippen LogP contribution is -2.58. The third kappa shape index (κ3) is 1.98. The summed E-state index contributed by atoms with van der Waals surface area (Å²) in [6.07, 6.45) is 3.59. The van der Waals surface area contributed by atoms with Crippen molar-refractivity contribution in [1.82, 2.24) is 19.8 Å². The van der Waals surface area contributed by atoms with Gasteiger partial charge in [0.15, 0.2) is 0 Å². The molecular weight excluding hydrogens is 228 g/mol. The summed E-state index contributed by atoms with van der Waals surface area (Å²) in [6.45, 7) is 4.00. The van der Waals surface area contributed by atoms with E-state index in [1.165, 1.54) is 12.4 Å². The maximum Gasteiger partial charge on any atom is 0.246 e. The van der Waals surface area contributed by atoms with Crippen LogP contribution < -0.4 is 5.32 Å². The Kier molecular flexibility index (Phi) is 3.27. The van der Waals surface area contributed by atoms with Crippen LogP contribution in [0.15, 0.2) is 17.3 Å². The molecule has 0 bridgehead atoms. The van der Waals surface area contributed by atoms with Gasteiger partial charge in [-0.3, -0.25) is 5.10 Å². The van der Waals surface area contributed by atoms with Gasteiger partial charge in [0, 0.05) is 25.8 Å². The molecule has 7 heteroatoms. The maximum absolute atomic E-state index is 12.3. The van der Waals surface area contributed by atoms with Crippen molar-refractivity contribution in [1.29, 1.82) is 0 Å². The highest BCUT2D eigenvalue weighted by atomic mass is 32.2. The molecule has 90 valence electrons. The second-order valence-electron chi connectivity index (χ2n) is 3.86. The number of sulfonamides is 1. The van der Waals surface area contributed by atoms with Crippen LogP contribution in [-0.4, -0.2) is 48.6 Å². The number of rotatable bonds is 5. The number of aromatic amines is 1. The minimum Gasteiger partial charge on any atom is -0.313 e. The van der Waals surface area contributed by atoms with E-state index >= 15 is 0 Å². The molecule has 1 aromatic rings. The molecule has 16 heavy (non-hydrogen) atoms. The minimum atomic E-state index is -3.38. The van der Waals surface area contributed by atoms with Gasteiger partial charge in [0.2, 0.25) is 10.0 Å². The number of H-pyrrole nitrogens is 1. The van der Waals surface area contributed by atoms with Crippen LogP contribution in [0, 0.1) is 0 Å². The molecule has 6 nitrogen and oxygen atoms in total. The van der Waals surface area contributed by atoms with Crippen molar-refractivity contribution < 1.29 is 8.42 Å². The van der Waals surface area contributed by atoms with Crippen molar-refractivity contribution in [2.45, 2.75) is 24.3 Å². The first kappa shape index (κ1) is 11.6. The lowest BCUT2D eigenvalue weighted by Gasteiger charge is -2.36. The van der Waals surface area contributed by atoms with Crippen LogP contribution in [0.2, 0.25) is 0 Å². The van der Waals surface area contributed by atoms with Crippen LogP contribution in [0.5, 0.6) is 0 Å². The Labute approximate surface area is 95.1 Å². The third-order valence-corrected chi connectivity index (χ3v) is 4.61. The van der Waals surface area contributed by atoms with Crippen LogP contribution in [0.4, 0.5) is 0 Å². The Balaban J connectivity index is 2.24. The van der Waals surface area contributed by atoms with E-state index in [1.54, 1.807) is 4.31 Å². The van der Waals surface area contributed by atoms with Crippen molar-refractivity contribution >= 4 is 10.0 Å². The number of hydrogen-bond acceptors (Lipinski definition) is 4. The molecule has 0 atom stereocenters. The third-order valence-electron chi connectivity index (χ3n) is 2.69. The predicted octanol–water partition coefficient (Wildman–Crippen LogP) is -0.218. The van der Waals surface area contributed by atoms with Gasteiger partial charge in [0.25, 0.3) is 0 Å². The highest BCUT2D eigenvalue weighted by Gasteiger charge is 2.34. The van der Waals surface area contributed by atoms with Crippen LogP contribution in [0.1, 0.15) is 13.3 Å². The highest BCUT2D eigenvalue weighted by Crippen LogP contribution is 2.19. The summed E-state index contributed by atoms with van der Waals surface area (Å²) in [5, 5.41) is 9.31. The van der Waals surface area contributed by atoms with E-state index in [9.17, 15) is 8.42 Å². The normalized spacial score (nSPS) is 17.6. The van der Waals surface area contributed by atoms with E-state index < -0.39 is 10.0 Å². The Hall–Kier alpha value is -0.920. The monoisotopic (exact) mass is 244 g/mol. The summed E-state index contributed by atoms with van der Waals surface area (Å²) >= 11 is 0. The second kappa shape index (κ2) is 4.52. The van der Waals surface area contributed by atoms with Crippen molar-refractivity contribution in [3.8, 4) is 0 Å². The van der Waals surface area contributed by atoms with Gasteiger partial charge in [-0.1, -0.05) is 6.92 Å². The van der Waals surface area contributed by atoms with Crippen molar-refractivity contribution in [3.63, 3.8) is 0 Å². The maximum atomic E-state index is 12.3. The predicted molar refractivity (Wildman–Crippen MR) is 59.4 cm³/mol. The molecule has 2 N–H and O–H groups in total. The Morgan fingerprint density at radius 3 is 2.75 bits per heavy atom. The van der Waals surface area contributed by atoms with Gasteiger partial charge in [-0.05, 0) is 6.42 Å². The number of aromatic nitrogens is 2. The lowest BCUT2D eigenvalue weighted by atomic mass is 10.2. The Morgan fingerprint density at radius 1 is 1.56 bits per heavy atom. The van der Waals surface area contributed by atoms with Gasteiger partial charge in [-0.2, -0.15) is 9.40 Å². The molecule has 0 aliphatic carbocycles. The van der Waals surface area contributed by atoms with E-state index in [4.69, 9.17) is 0 Å². The molecule has 0 saturated carbocycles. The molecule has 0 unspecified atom stereocenters. The molecule has 1 fully saturated rings. The van der Waals surface area contributed by atoms with E-state index in [-0.39, 0.29) is 10.9 Å². The number of nitrogens with zero attached hydrogens (tertiary/aromatic N) is 2. The first-order valence-corrected chi connectivity index (χ1v) is 6.81. The zero-order valence-electron chi connectivity index (χ0n) is 9.18. The number of nitrogens with one attached hydrogen (secondary N) is 2. The molecule has 0 spiro atoms.